The van der Waals surface area contributed by atoms with E-state index in [9.17, 15) is 28.8 Å². The third-order valence-corrected chi connectivity index (χ3v) is 11.1. The van der Waals surface area contributed by atoms with Crippen molar-refractivity contribution in [3.8, 4) is 0 Å². The van der Waals surface area contributed by atoms with Crippen molar-refractivity contribution in [3.05, 3.63) is 0 Å². The molecule has 0 bridgehead atoms. The van der Waals surface area contributed by atoms with Gasteiger partial charge in [0.05, 0.1) is 19.1 Å². The van der Waals surface area contributed by atoms with Crippen LogP contribution in [0.2, 0.25) is 0 Å². The van der Waals surface area contributed by atoms with Gasteiger partial charge >= 0.3 is 17.9 Å². The van der Waals surface area contributed by atoms with Crippen LogP contribution in [0.3, 0.4) is 0 Å². The molecule has 0 unspecified atom stereocenters. The second kappa shape index (κ2) is 40.9. The van der Waals surface area contributed by atoms with Gasteiger partial charge < -0.3 is 36.3 Å². The highest BCUT2D eigenvalue weighted by Gasteiger charge is 2.20. The number of unbranched alkanes of at least 4 members (excludes halogenated alkanes) is 24. The Balaban J connectivity index is 4.56. The summed E-state index contributed by atoms with van der Waals surface area (Å²) in [4.78, 5) is 71.9. The van der Waals surface area contributed by atoms with E-state index in [-0.39, 0.29) is 36.5 Å². The van der Waals surface area contributed by atoms with Gasteiger partial charge in [-0.15, -0.1) is 0 Å². The van der Waals surface area contributed by atoms with E-state index in [0.717, 1.165) is 38.5 Å². The monoisotopic (exact) mass is 843 g/mol. The van der Waals surface area contributed by atoms with Crippen molar-refractivity contribution in [2.45, 2.75) is 206 Å². The van der Waals surface area contributed by atoms with E-state index in [2.05, 4.69) is 29.8 Å². The summed E-state index contributed by atoms with van der Waals surface area (Å²) in [6.45, 7) is 2.99. The lowest BCUT2D eigenvalue weighted by Gasteiger charge is -2.19. The average molecular weight is 843 g/mol. The molecular formula is C44H82N4O9S. The molecule has 0 aliphatic carbocycles. The second-order valence-electron chi connectivity index (χ2n) is 15.6. The lowest BCUT2D eigenvalue weighted by atomic mass is 10.0. The first-order valence-electron chi connectivity index (χ1n) is 22.8. The van der Waals surface area contributed by atoms with Gasteiger partial charge in [-0.25, -0.2) is 0 Å². The van der Waals surface area contributed by atoms with Crippen LogP contribution in [0.5, 0.6) is 0 Å². The molecule has 6 N–H and O–H groups in total. The Labute approximate surface area is 355 Å². The number of nitrogens with one attached hydrogen (secondary N) is 3. The SMILES string of the molecule is CCCCCCCCCCCCCCCC(=O)OC[C@H](CSC[C@H](N)C(=O)NCC(=O)NCC(=O)NCC(=O)O)OC(=O)CCCCCCCCCCCCCCC. The van der Waals surface area contributed by atoms with Crippen LogP contribution in [0, 0.1) is 0 Å². The quantitative estimate of drug-likeness (QED) is 0.0295. The molecule has 3 amide bonds. The number of carbonyl (C=O) groups excluding carboxylic acids is 5. The van der Waals surface area contributed by atoms with Crippen molar-refractivity contribution in [2.75, 3.05) is 37.7 Å². The number of amides is 3. The maximum atomic E-state index is 12.8. The van der Waals surface area contributed by atoms with E-state index >= 15 is 0 Å². The summed E-state index contributed by atoms with van der Waals surface area (Å²) in [5.74, 6) is -3.36. The van der Waals surface area contributed by atoms with Gasteiger partial charge in [0.1, 0.15) is 19.3 Å². The predicted octanol–water partition coefficient (Wildman–Crippen LogP) is 7.90. The fraction of sp³-hybridized carbons (Fsp3) is 0.864. The Hall–Kier alpha value is -2.87. The Kier molecular flexibility index (Phi) is 38.9. The Morgan fingerprint density at radius 2 is 0.897 bits per heavy atom. The summed E-state index contributed by atoms with van der Waals surface area (Å²) >= 11 is 1.28. The third-order valence-electron chi connectivity index (χ3n) is 9.94. The minimum absolute atomic E-state index is 0.0731. The average Bonchev–Trinajstić information content (AvgIpc) is 3.20. The minimum atomic E-state index is -1.21. The summed E-state index contributed by atoms with van der Waals surface area (Å²) in [5, 5.41) is 15.4. The number of carbonyl (C=O) groups is 6. The topological polar surface area (TPSA) is 203 Å². The van der Waals surface area contributed by atoms with Crippen LogP contribution >= 0.6 is 11.8 Å². The Bertz CT molecular complexity index is 1080. The van der Waals surface area contributed by atoms with Gasteiger partial charge in [-0.3, -0.25) is 28.8 Å². The van der Waals surface area contributed by atoms with Crippen LogP contribution in [-0.2, 0) is 38.2 Å². The molecule has 0 aromatic carbocycles. The number of aliphatic carboxylic acids is 1. The van der Waals surface area contributed by atoms with Gasteiger partial charge in [0.2, 0.25) is 17.7 Å². The number of nitrogens with two attached hydrogens (primary N) is 1. The summed E-state index contributed by atoms with van der Waals surface area (Å²) in [6, 6.07) is -0.975. The highest BCUT2D eigenvalue weighted by Crippen LogP contribution is 2.16. The summed E-state index contributed by atoms with van der Waals surface area (Å²) in [5.41, 5.74) is 6.03. The molecular weight excluding hydrogens is 761 g/mol. The smallest absolute Gasteiger partial charge is 0.322 e. The van der Waals surface area contributed by atoms with E-state index < -0.39 is 55.5 Å². The highest BCUT2D eigenvalue weighted by atomic mass is 32.2. The van der Waals surface area contributed by atoms with Crippen LogP contribution in [0.15, 0.2) is 0 Å². The van der Waals surface area contributed by atoms with E-state index in [1.807, 2.05) is 0 Å². The Morgan fingerprint density at radius 1 is 0.517 bits per heavy atom. The number of ether oxygens (including phenoxy) is 2. The standard InChI is InChI=1S/C44H82N4O9S/c1-3-5-7-9-11-13-15-17-19-21-23-25-27-29-42(53)56-34-37(57-43(54)30-28-26-24-22-20-18-16-14-12-10-8-6-4-2)35-58-36-38(45)44(55)48-32-40(50)46-31-39(49)47-33-41(51)52/h37-38H,3-36,45H2,1-2H3,(H,46,50)(H,47,49)(H,48,55)(H,51,52)/t37-,38+/m1/s1. The molecule has 338 valence electrons. The Morgan fingerprint density at radius 3 is 1.33 bits per heavy atom. The first-order chi connectivity index (χ1) is 28.1. The van der Waals surface area contributed by atoms with Crippen molar-refractivity contribution in [3.63, 3.8) is 0 Å². The lowest BCUT2D eigenvalue weighted by molar-refractivity contribution is -0.157. The van der Waals surface area contributed by atoms with Gasteiger partial charge in [0.25, 0.3) is 0 Å². The third kappa shape index (κ3) is 38.6. The van der Waals surface area contributed by atoms with E-state index in [0.29, 0.717) is 6.42 Å². The first kappa shape index (κ1) is 55.1. The molecule has 0 fully saturated rings. The molecule has 0 aliphatic rings. The van der Waals surface area contributed by atoms with Gasteiger partial charge in [0.15, 0.2) is 0 Å². The van der Waals surface area contributed by atoms with Crippen LogP contribution < -0.4 is 21.7 Å². The number of carboxylic acid groups (broad SMARTS) is 1. The summed E-state index contributed by atoms with van der Waals surface area (Å²) in [7, 11) is 0. The number of thioether (sulfide) groups is 1. The van der Waals surface area contributed by atoms with Gasteiger partial charge in [-0.2, -0.15) is 11.8 Å². The van der Waals surface area contributed by atoms with Crippen molar-refractivity contribution >= 4 is 47.4 Å². The molecule has 58 heavy (non-hydrogen) atoms. The zero-order valence-electron chi connectivity index (χ0n) is 36.4. The zero-order chi connectivity index (χ0) is 42.9. The first-order valence-corrected chi connectivity index (χ1v) is 24.0. The molecule has 0 aromatic heterocycles. The number of carboxylic acids is 1. The lowest BCUT2D eigenvalue weighted by Crippen LogP contribution is -2.47. The fourth-order valence-electron chi connectivity index (χ4n) is 6.37. The van der Waals surface area contributed by atoms with Gasteiger partial charge in [0, 0.05) is 24.3 Å². The number of esters is 2. The highest BCUT2D eigenvalue weighted by molar-refractivity contribution is 7.99. The normalized spacial score (nSPS) is 12.1. The van der Waals surface area contributed by atoms with Crippen LogP contribution in [-0.4, -0.2) is 90.6 Å². The maximum absolute atomic E-state index is 12.8. The van der Waals surface area contributed by atoms with Gasteiger partial charge in [-0.1, -0.05) is 168 Å². The summed E-state index contributed by atoms with van der Waals surface area (Å²) in [6.07, 6.45) is 31.5. The molecule has 2 atom stereocenters. The van der Waals surface area contributed by atoms with E-state index in [1.165, 1.54) is 140 Å². The summed E-state index contributed by atoms with van der Waals surface area (Å²) < 4.78 is 11.3. The van der Waals surface area contributed by atoms with Crippen LogP contribution in [0.4, 0.5) is 0 Å². The minimum Gasteiger partial charge on any atom is -0.480 e. The molecule has 0 aliphatic heterocycles. The molecule has 0 saturated heterocycles. The van der Waals surface area contributed by atoms with Crippen molar-refractivity contribution < 1.29 is 43.3 Å². The molecule has 0 saturated carbocycles. The number of hydrogen-bond acceptors (Lipinski definition) is 10. The predicted molar refractivity (Wildman–Crippen MR) is 233 cm³/mol. The maximum Gasteiger partial charge on any atom is 0.322 e. The molecule has 14 heteroatoms. The van der Waals surface area contributed by atoms with Gasteiger partial charge in [-0.05, 0) is 12.8 Å². The molecule has 0 aromatic rings. The second-order valence-corrected chi connectivity index (χ2v) is 16.7. The van der Waals surface area contributed by atoms with Crippen molar-refractivity contribution in [1.29, 1.82) is 0 Å². The largest absolute Gasteiger partial charge is 0.480 e. The van der Waals surface area contributed by atoms with Crippen LogP contribution in [0.1, 0.15) is 194 Å². The van der Waals surface area contributed by atoms with E-state index in [4.69, 9.17) is 20.3 Å². The number of hydrogen-bond donors (Lipinski definition) is 5. The van der Waals surface area contributed by atoms with Crippen LogP contribution in [0.25, 0.3) is 0 Å². The fourth-order valence-corrected chi connectivity index (χ4v) is 7.34. The molecule has 0 radical (unpaired) electrons. The molecule has 13 nitrogen and oxygen atoms in total. The molecule has 0 spiro atoms. The zero-order valence-corrected chi connectivity index (χ0v) is 37.2. The molecule has 0 heterocycles. The molecule has 0 rings (SSSR count). The van der Waals surface area contributed by atoms with Crippen molar-refractivity contribution in [2.24, 2.45) is 5.73 Å². The van der Waals surface area contributed by atoms with E-state index in [1.54, 1.807) is 0 Å². The van der Waals surface area contributed by atoms with Crippen molar-refractivity contribution in [1.82, 2.24) is 16.0 Å². The number of rotatable bonds is 42.